The molecular formula is C16H25NO2. The maximum absolute atomic E-state index is 11.5. The maximum atomic E-state index is 11.5. The lowest BCUT2D eigenvalue weighted by molar-refractivity contribution is -0.138. The first-order chi connectivity index (χ1) is 9.19. The normalized spacial score (nSPS) is 17.4. The molecule has 3 nitrogen and oxygen atoms in total. The standard InChI is InChI=1S/C16H25NO2/c1-3-5-6-7-8-9-10-14(4-2)13-17-15(18)11-12-16(17)19/h4,9-10,14H,2-3,5-8,11-13H2,1H3/b10-9+. The van der Waals surface area contributed by atoms with E-state index >= 15 is 0 Å². The Hall–Kier alpha value is -1.38. The SMILES string of the molecule is C=CC(/C=C/CCCCCC)CN1C(=O)CCC1=O. The second-order valence-electron chi connectivity index (χ2n) is 5.08. The van der Waals surface area contributed by atoms with Gasteiger partial charge in [-0.15, -0.1) is 6.58 Å². The molecule has 0 bridgehead atoms. The van der Waals surface area contributed by atoms with Crippen molar-refractivity contribution in [3.05, 3.63) is 24.8 Å². The Bertz CT molecular complexity index is 331. The molecule has 2 amide bonds. The van der Waals surface area contributed by atoms with Gasteiger partial charge >= 0.3 is 0 Å². The van der Waals surface area contributed by atoms with Crippen LogP contribution in [0.5, 0.6) is 0 Å². The number of nitrogens with zero attached hydrogens (tertiary/aromatic N) is 1. The van der Waals surface area contributed by atoms with Crippen LogP contribution in [0.2, 0.25) is 0 Å². The summed E-state index contributed by atoms with van der Waals surface area (Å²) in [5, 5.41) is 0. The third-order valence-electron chi connectivity index (χ3n) is 3.46. The Balaban J connectivity index is 2.33. The van der Waals surface area contributed by atoms with Gasteiger partial charge in [-0.1, -0.05) is 44.4 Å². The van der Waals surface area contributed by atoms with E-state index in [9.17, 15) is 9.59 Å². The van der Waals surface area contributed by atoms with Gasteiger partial charge in [-0.05, 0) is 12.8 Å². The van der Waals surface area contributed by atoms with Crippen LogP contribution < -0.4 is 0 Å². The number of likely N-dealkylation sites (tertiary alicyclic amines) is 1. The van der Waals surface area contributed by atoms with Crippen LogP contribution in [0.15, 0.2) is 24.8 Å². The molecule has 1 heterocycles. The van der Waals surface area contributed by atoms with Crippen LogP contribution in [0.1, 0.15) is 51.9 Å². The molecule has 0 aliphatic carbocycles. The average Bonchev–Trinajstić information content (AvgIpc) is 2.72. The first kappa shape index (κ1) is 15.7. The van der Waals surface area contributed by atoms with Crippen molar-refractivity contribution in [2.45, 2.75) is 51.9 Å². The zero-order valence-corrected chi connectivity index (χ0v) is 11.9. The summed E-state index contributed by atoms with van der Waals surface area (Å²) in [6.07, 6.45) is 12.8. The third kappa shape index (κ3) is 5.41. The van der Waals surface area contributed by atoms with E-state index in [1.54, 1.807) is 6.08 Å². The van der Waals surface area contributed by atoms with Gasteiger partial charge in [-0.25, -0.2) is 0 Å². The minimum atomic E-state index is -0.0480. The van der Waals surface area contributed by atoms with Gasteiger partial charge in [0, 0.05) is 25.3 Å². The first-order valence-electron chi connectivity index (χ1n) is 7.31. The highest BCUT2D eigenvalue weighted by molar-refractivity contribution is 6.01. The van der Waals surface area contributed by atoms with Crippen LogP contribution in [0, 0.1) is 5.92 Å². The Morgan fingerprint density at radius 3 is 2.47 bits per heavy atom. The summed E-state index contributed by atoms with van der Waals surface area (Å²) in [4.78, 5) is 24.4. The number of allylic oxidation sites excluding steroid dienone is 1. The Morgan fingerprint density at radius 1 is 1.21 bits per heavy atom. The van der Waals surface area contributed by atoms with E-state index < -0.39 is 0 Å². The summed E-state index contributed by atoms with van der Waals surface area (Å²) >= 11 is 0. The number of amides is 2. The van der Waals surface area contributed by atoms with Gasteiger partial charge in [0.1, 0.15) is 0 Å². The van der Waals surface area contributed by atoms with E-state index in [-0.39, 0.29) is 17.7 Å². The molecule has 106 valence electrons. The van der Waals surface area contributed by atoms with Crippen LogP contribution >= 0.6 is 0 Å². The summed E-state index contributed by atoms with van der Waals surface area (Å²) in [5.74, 6) is -0.0152. The number of imide groups is 1. The van der Waals surface area contributed by atoms with Crippen molar-refractivity contribution in [1.29, 1.82) is 0 Å². The molecule has 1 saturated heterocycles. The lowest BCUT2D eigenvalue weighted by atomic mass is 10.1. The molecule has 0 aromatic carbocycles. The second-order valence-corrected chi connectivity index (χ2v) is 5.08. The Kier molecular flexibility index (Phi) is 7.16. The minimum Gasteiger partial charge on any atom is -0.282 e. The highest BCUT2D eigenvalue weighted by Crippen LogP contribution is 2.15. The Morgan fingerprint density at radius 2 is 1.89 bits per heavy atom. The lowest BCUT2D eigenvalue weighted by Gasteiger charge is -2.17. The molecular weight excluding hydrogens is 238 g/mol. The van der Waals surface area contributed by atoms with Gasteiger partial charge in [0.25, 0.3) is 0 Å². The number of carbonyl (C=O) groups is 2. The number of unbranched alkanes of at least 4 members (excludes halogenated alkanes) is 4. The quantitative estimate of drug-likeness (QED) is 0.363. The van der Waals surface area contributed by atoms with E-state index in [0.717, 1.165) is 6.42 Å². The molecule has 1 fully saturated rings. The fourth-order valence-corrected chi connectivity index (χ4v) is 2.21. The maximum Gasteiger partial charge on any atom is 0.229 e. The van der Waals surface area contributed by atoms with E-state index in [2.05, 4.69) is 25.7 Å². The van der Waals surface area contributed by atoms with Gasteiger partial charge in [-0.2, -0.15) is 0 Å². The van der Waals surface area contributed by atoms with E-state index in [1.165, 1.54) is 30.6 Å². The van der Waals surface area contributed by atoms with Crippen molar-refractivity contribution in [3.63, 3.8) is 0 Å². The topological polar surface area (TPSA) is 37.4 Å². The number of rotatable bonds is 9. The van der Waals surface area contributed by atoms with Crippen LogP contribution in [-0.2, 0) is 9.59 Å². The van der Waals surface area contributed by atoms with Gasteiger partial charge < -0.3 is 0 Å². The monoisotopic (exact) mass is 263 g/mol. The highest BCUT2D eigenvalue weighted by Gasteiger charge is 2.29. The largest absolute Gasteiger partial charge is 0.282 e. The van der Waals surface area contributed by atoms with Gasteiger partial charge in [0.2, 0.25) is 11.8 Å². The molecule has 1 unspecified atom stereocenters. The van der Waals surface area contributed by atoms with Crippen molar-refractivity contribution in [2.75, 3.05) is 6.54 Å². The molecule has 0 aromatic heterocycles. The van der Waals surface area contributed by atoms with E-state index in [4.69, 9.17) is 0 Å². The lowest BCUT2D eigenvalue weighted by Crippen LogP contribution is -2.33. The second kappa shape index (κ2) is 8.68. The fraction of sp³-hybridized carbons (Fsp3) is 0.625. The molecule has 0 radical (unpaired) electrons. The van der Waals surface area contributed by atoms with E-state index in [0.29, 0.717) is 19.4 Å². The molecule has 1 aliphatic heterocycles. The molecule has 0 saturated carbocycles. The molecule has 0 aromatic rings. The predicted molar refractivity (Wildman–Crippen MR) is 77.5 cm³/mol. The molecule has 1 rings (SSSR count). The van der Waals surface area contributed by atoms with Crippen LogP contribution in [0.25, 0.3) is 0 Å². The zero-order chi connectivity index (χ0) is 14.1. The van der Waals surface area contributed by atoms with Crippen LogP contribution in [0.4, 0.5) is 0 Å². The van der Waals surface area contributed by atoms with E-state index in [1.807, 2.05) is 0 Å². The van der Waals surface area contributed by atoms with Gasteiger partial charge in [0.15, 0.2) is 0 Å². The smallest absolute Gasteiger partial charge is 0.229 e. The molecule has 3 heteroatoms. The summed E-state index contributed by atoms with van der Waals surface area (Å²) < 4.78 is 0. The third-order valence-corrected chi connectivity index (χ3v) is 3.46. The number of hydrogen-bond donors (Lipinski definition) is 0. The first-order valence-corrected chi connectivity index (χ1v) is 7.31. The van der Waals surface area contributed by atoms with Gasteiger partial charge in [-0.3, -0.25) is 14.5 Å². The van der Waals surface area contributed by atoms with Crippen LogP contribution in [0.3, 0.4) is 0 Å². The highest BCUT2D eigenvalue weighted by atomic mass is 16.2. The van der Waals surface area contributed by atoms with Crippen molar-refractivity contribution < 1.29 is 9.59 Å². The van der Waals surface area contributed by atoms with Crippen molar-refractivity contribution in [3.8, 4) is 0 Å². The average molecular weight is 263 g/mol. The minimum absolute atomic E-state index is 0.0480. The summed E-state index contributed by atoms with van der Waals surface area (Å²) in [5.41, 5.74) is 0. The molecule has 0 spiro atoms. The summed E-state index contributed by atoms with van der Waals surface area (Å²) in [6, 6.07) is 0. The number of carbonyl (C=O) groups excluding carboxylic acids is 2. The molecule has 1 aliphatic rings. The van der Waals surface area contributed by atoms with Crippen LogP contribution in [-0.4, -0.2) is 23.3 Å². The fourth-order valence-electron chi connectivity index (χ4n) is 2.21. The van der Waals surface area contributed by atoms with Crippen molar-refractivity contribution in [1.82, 2.24) is 4.90 Å². The van der Waals surface area contributed by atoms with Crippen molar-refractivity contribution in [2.24, 2.45) is 5.92 Å². The number of hydrogen-bond acceptors (Lipinski definition) is 2. The Labute approximate surface area is 116 Å². The molecule has 1 atom stereocenters. The zero-order valence-electron chi connectivity index (χ0n) is 11.9. The summed E-state index contributed by atoms with van der Waals surface area (Å²) in [7, 11) is 0. The molecule has 19 heavy (non-hydrogen) atoms. The summed E-state index contributed by atoms with van der Waals surface area (Å²) in [6.45, 7) is 6.43. The van der Waals surface area contributed by atoms with Gasteiger partial charge in [0.05, 0.1) is 0 Å². The van der Waals surface area contributed by atoms with Crippen molar-refractivity contribution >= 4 is 11.8 Å². The predicted octanol–water partition coefficient (Wildman–Crippen LogP) is 3.46. The molecule has 0 N–H and O–H groups in total.